The van der Waals surface area contributed by atoms with Crippen molar-refractivity contribution in [2.45, 2.75) is 50.7 Å². The maximum Gasteiger partial charge on any atom is 0.221 e. The summed E-state index contributed by atoms with van der Waals surface area (Å²) in [6.45, 7) is 5.30. The molecule has 0 bridgehead atoms. The molecule has 0 radical (unpaired) electrons. The van der Waals surface area contributed by atoms with Crippen LogP contribution < -0.4 is 10.2 Å². The van der Waals surface area contributed by atoms with Gasteiger partial charge in [0.15, 0.2) is 10.8 Å². The van der Waals surface area contributed by atoms with E-state index >= 15 is 0 Å². The van der Waals surface area contributed by atoms with Crippen molar-refractivity contribution in [1.29, 1.82) is 0 Å². The van der Waals surface area contributed by atoms with Gasteiger partial charge in [-0.25, -0.2) is 14.6 Å². The number of nitrogens with one attached hydrogen (secondary N) is 1. The van der Waals surface area contributed by atoms with Crippen LogP contribution in [0.5, 0.6) is 0 Å². The molecule has 0 spiro atoms. The molecule has 9 heteroatoms. The van der Waals surface area contributed by atoms with E-state index in [4.69, 9.17) is 21.6 Å². The summed E-state index contributed by atoms with van der Waals surface area (Å²) in [4.78, 5) is 23.6. The second-order valence-electron chi connectivity index (χ2n) is 6.62. The van der Waals surface area contributed by atoms with E-state index in [1.807, 2.05) is 10.9 Å². The maximum absolute atomic E-state index is 11.6. The molecule has 0 saturated carbocycles. The molecule has 3 rings (SSSR count). The average molecular weight is 411 g/mol. The summed E-state index contributed by atoms with van der Waals surface area (Å²) in [5.41, 5.74) is 0.843. The fraction of sp³-hybridized carbons (Fsp3) is 0.667. The van der Waals surface area contributed by atoms with Crippen LogP contribution in [-0.2, 0) is 11.3 Å². The molecule has 7 nitrogen and oxygen atoms in total. The largest absolute Gasteiger partial charge is 0.356 e. The average Bonchev–Trinajstić information content (AvgIpc) is 3.09. The summed E-state index contributed by atoms with van der Waals surface area (Å²) in [7, 11) is 0. The molecular formula is C18H27ClN6OS. The highest BCUT2D eigenvalue weighted by molar-refractivity contribution is 7.99. The number of halogens is 1. The van der Waals surface area contributed by atoms with Crippen molar-refractivity contribution in [3.63, 3.8) is 0 Å². The molecule has 1 amide bonds. The van der Waals surface area contributed by atoms with Crippen LogP contribution in [0, 0.1) is 0 Å². The minimum Gasteiger partial charge on any atom is -0.356 e. The fourth-order valence-electron chi connectivity index (χ4n) is 3.16. The van der Waals surface area contributed by atoms with Crippen LogP contribution in [0.15, 0.2) is 11.4 Å². The van der Waals surface area contributed by atoms with Crippen molar-refractivity contribution in [2.75, 3.05) is 36.2 Å². The van der Waals surface area contributed by atoms with Gasteiger partial charge in [-0.15, -0.1) is 11.6 Å². The van der Waals surface area contributed by atoms with Crippen molar-refractivity contribution in [3.8, 4) is 0 Å². The van der Waals surface area contributed by atoms with Crippen LogP contribution in [0.3, 0.4) is 0 Å². The topological polar surface area (TPSA) is 75.9 Å². The molecule has 3 heterocycles. The minimum absolute atomic E-state index is 0.0377. The van der Waals surface area contributed by atoms with Crippen molar-refractivity contribution in [3.05, 3.63) is 6.20 Å². The van der Waals surface area contributed by atoms with Crippen molar-refractivity contribution in [2.24, 2.45) is 0 Å². The zero-order valence-corrected chi connectivity index (χ0v) is 17.4. The Morgan fingerprint density at radius 3 is 2.85 bits per heavy atom. The lowest BCUT2D eigenvalue weighted by molar-refractivity contribution is -0.120. The first-order chi connectivity index (χ1) is 13.2. The highest BCUT2D eigenvalue weighted by atomic mass is 35.5. The van der Waals surface area contributed by atoms with Crippen LogP contribution in [0.25, 0.3) is 11.0 Å². The summed E-state index contributed by atoms with van der Waals surface area (Å²) >= 11 is 7.29. The van der Waals surface area contributed by atoms with Gasteiger partial charge >= 0.3 is 0 Å². The van der Waals surface area contributed by atoms with E-state index in [-0.39, 0.29) is 5.91 Å². The number of hydrogen-bond donors (Lipinski definition) is 1. The van der Waals surface area contributed by atoms with Crippen molar-refractivity contribution in [1.82, 2.24) is 25.1 Å². The Hall–Kier alpha value is -1.54. The first-order valence-corrected chi connectivity index (χ1v) is 11.2. The number of nitrogens with zero attached hydrogens (tertiary/aromatic N) is 5. The zero-order chi connectivity index (χ0) is 19.1. The Morgan fingerprint density at radius 2 is 2.11 bits per heavy atom. The molecule has 1 N–H and O–H groups in total. The number of fused-ring (bicyclic) bond motifs is 1. The van der Waals surface area contributed by atoms with Crippen LogP contribution >= 0.6 is 23.4 Å². The Labute approximate surface area is 169 Å². The molecule has 1 fully saturated rings. The second-order valence-corrected chi connectivity index (χ2v) is 8.06. The first kappa shape index (κ1) is 20.2. The van der Waals surface area contributed by atoms with Gasteiger partial charge in [-0.2, -0.15) is 5.10 Å². The first-order valence-electron chi connectivity index (χ1n) is 9.67. The van der Waals surface area contributed by atoms with E-state index in [9.17, 15) is 4.79 Å². The zero-order valence-electron chi connectivity index (χ0n) is 15.8. The predicted molar refractivity (Wildman–Crippen MR) is 111 cm³/mol. The molecule has 0 aliphatic carbocycles. The number of alkyl halides is 1. The van der Waals surface area contributed by atoms with Gasteiger partial charge in [0.1, 0.15) is 5.82 Å². The van der Waals surface area contributed by atoms with E-state index in [0.717, 1.165) is 47.3 Å². The monoisotopic (exact) mass is 410 g/mol. The van der Waals surface area contributed by atoms with Gasteiger partial charge in [-0.3, -0.25) is 4.79 Å². The minimum atomic E-state index is -0.0377. The number of anilines is 1. The number of aromatic nitrogens is 4. The van der Waals surface area contributed by atoms with Crippen molar-refractivity contribution < 1.29 is 4.79 Å². The smallest absolute Gasteiger partial charge is 0.221 e. The molecule has 2 aromatic rings. The van der Waals surface area contributed by atoms with Gasteiger partial charge in [0.05, 0.1) is 18.1 Å². The quantitative estimate of drug-likeness (QED) is 0.389. The summed E-state index contributed by atoms with van der Waals surface area (Å²) in [6.07, 6.45) is 6.95. The Morgan fingerprint density at radius 1 is 1.30 bits per heavy atom. The number of hydrogen-bond acceptors (Lipinski definition) is 6. The third-order valence-electron chi connectivity index (χ3n) is 4.51. The van der Waals surface area contributed by atoms with Gasteiger partial charge in [0.25, 0.3) is 0 Å². The normalized spacial score (nSPS) is 14.7. The summed E-state index contributed by atoms with van der Waals surface area (Å²) in [5, 5.41) is 9.18. The molecule has 1 aliphatic rings. The lowest BCUT2D eigenvalue weighted by Crippen LogP contribution is -2.30. The van der Waals surface area contributed by atoms with E-state index < -0.39 is 0 Å². The molecule has 2 aromatic heterocycles. The highest BCUT2D eigenvalue weighted by Gasteiger charge is 2.20. The number of thioether (sulfide) groups is 1. The number of carbonyl (C=O) groups excluding carboxylic acids is 1. The standard InChI is InChI=1S/C18H27ClN6OS/c1-2-12-27-18-22-16(24-9-4-3-5-10-24)14-13-21-25(17(14)23-18)11-8-20-15(26)6-7-19/h13H,2-12H2,1H3,(H,20,26). The van der Waals surface area contributed by atoms with Crippen LogP contribution in [0.2, 0.25) is 0 Å². The lowest BCUT2D eigenvalue weighted by Gasteiger charge is -2.28. The fourth-order valence-corrected chi connectivity index (χ4v) is 4.03. The molecule has 1 aliphatic heterocycles. The van der Waals surface area contributed by atoms with E-state index in [1.54, 1.807) is 11.8 Å². The summed E-state index contributed by atoms with van der Waals surface area (Å²) in [5.74, 6) is 2.29. The molecule has 1 saturated heterocycles. The Balaban J connectivity index is 1.83. The van der Waals surface area contributed by atoms with E-state index in [2.05, 4.69) is 22.2 Å². The third kappa shape index (κ3) is 5.25. The number of piperidine rings is 1. The van der Waals surface area contributed by atoms with Gasteiger partial charge in [-0.1, -0.05) is 18.7 Å². The highest BCUT2D eigenvalue weighted by Crippen LogP contribution is 2.29. The molecule has 27 heavy (non-hydrogen) atoms. The number of amides is 1. The molecule has 148 valence electrons. The van der Waals surface area contributed by atoms with E-state index in [1.165, 1.54) is 19.3 Å². The van der Waals surface area contributed by atoms with Crippen LogP contribution in [0.4, 0.5) is 5.82 Å². The lowest BCUT2D eigenvalue weighted by atomic mass is 10.1. The second kappa shape index (κ2) is 10.1. The maximum atomic E-state index is 11.6. The Kier molecular flexibility index (Phi) is 7.58. The third-order valence-corrected chi connectivity index (χ3v) is 5.76. The summed E-state index contributed by atoms with van der Waals surface area (Å²) in [6, 6.07) is 0. The number of rotatable bonds is 9. The van der Waals surface area contributed by atoms with Crippen LogP contribution in [-0.4, -0.2) is 56.9 Å². The summed E-state index contributed by atoms with van der Waals surface area (Å²) < 4.78 is 1.86. The SMILES string of the molecule is CCCSc1nc(N2CCCCC2)c2cnn(CCNC(=O)CCCl)c2n1. The predicted octanol–water partition coefficient (Wildman–Crippen LogP) is 3.06. The number of carbonyl (C=O) groups is 1. The van der Waals surface area contributed by atoms with Gasteiger partial charge in [0, 0.05) is 37.7 Å². The molecule has 0 atom stereocenters. The molecule has 0 unspecified atom stereocenters. The van der Waals surface area contributed by atoms with Crippen LogP contribution in [0.1, 0.15) is 39.0 Å². The van der Waals surface area contributed by atoms with E-state index in [0.29, 0.717) is 25.4 Å². The molecule has 0 aromatic carbocycles. The molecular weight excluding hydrogens is 384 g/mol. The van der Waals surface area contributed by atoms with Crippen molar-refractivity contribution >= 4 is 46.1 Å². The van der Waals surface area contributed by atoms with Gasteiger partial charge in [-0.05, 0) is 25.7 Å². The van der Waals surface area contributed by atoms with Gasteiger partial charge in [0.2, 0.25) is 5.91 Å². The Bertz CT molecular complexity index is 762. The van der Waals surface area contributed by atoms with Gasteiger partial charge < -0.3 is 10.2 Å².